The van der Waals surface area contributed by atoms with Crippen molar-refractivity contribution in [3.8, 4) is 0 Å². The molecule has 0 saturated heterocycles. The summed E-state index contributed by atoms with van der Waals surface area (Å²) >= 11 is 1.40. The SMILES string of the molecule is CC(C)c1ncc(CS(N)(=O)=O)s1. The number of nitrogens with two attached hydrogens (primary N) is 1. The lowest BCUT2D eigenvalue weighted by atomic mass is 10.2. The molecule has 0 aromatic carbocycles. The van der Waals surface area contributed by atoms with Gasteiger partial charge in [0.1, 0.15) is 0 Å². The van der Waals surface area contributed by atoms with E-state index in [1.165, 1.54) is 11.3 Å². The zero-order valence-corrected chi connectivity index (χ0v) is 9.15. The van der Waals surface area contributed by atoms with Crippen molar-refractivity contribution in [2.75, 3.05) is 0 Å². The first-order valence-electron chi connectivity index (χ1n) is 3.83. The van der Waals surface area contributed by atoms with Crippen molar-refractivity contribution in [1.82, 2.24) is 4.98 Å². The summed E-state index contributed by atoms with van der Waals surface area (Å²) in [5.41, 5.74) is 0. The average Bonchev–Trinajstić information content (AvgIpc) is 2.31. The molecule has 0 aliphatic carbocycles. The molecule has 1 heterocycles. The first-order valence-corrected chi connectivity index (χ1v) is 6.37. The minimum Gasteiger partial charge on any atom is -0.249 e. The molecule has 0 saturated carbocycles. The standard InChI is InChI=1S/C7H12N2O2S2/c1-5(2)7-9-3-6(12-7)4-13(8,10)11/h3,5H,4H2,1-2H3,(H2,8,10,11). The predicted octanol–water partition coefficient (Wildman–Crippen LogP) is 1.06. The van der Waals surface area contributed by atoms with Crippen molar-refractivity contribution < 1.29 is 8.42 Å². The van der Waals surface area contributed by atoms with E-state index >= 15 is 0 Å². The molecule has 6 heteroatoms. The molecule has 0 spiro atoms. The minimum absolute atomic E-state index is 0.114. The normalized spacial score (nSPS) is 12.3. The lowest BCUT2D eigenvalue weighted by Gasteiger charge is -1.95. The summed E-state index contributed by atoms with van der Waals surface area (Å²) in [6.45, 7) is 4.03. The molecular weight excluding hydrogens is 208 g/mol. The quantitative estimate of drug-likeness (QED) is 0.827. The number of nitrogens with zero attached hydrogens (tertiary/aromatic N) is 1. The molecule has 0 fully saturated rings. The van der Waals surface area contributed by atoms with Crippen LogP contribution in [0.4, 0.5) is 0 Å². The fourth-order valence-electron chi connectivity index (χ4n) is 0.855. The number of hydrogen-bond acceptors (Lipinski definition) is 4. The smallest absolute Gasteiger partial charge is 0.214 e. The average molecular weight is 220 g/mol. The highest BCUT2D eigenvalue weighted by atomic mass is 32.2. The summed E-state index contributed by atoms with van der Waals surface area (Å²) in [6, 6.07) is 0. The Morgan fingerprint density at radius 3 is 2.62 bits per heavy atom. The van der Waals surface area contributed by atoms with Gasteiger partial charge in [-0.3, -0.25) is 0 Å². The summed E-state index contributed by atoms with van der Waals surface area (Å²) in [7, 11) is -3.42. The van der Waals surface area contributed by atoms with Crippen LogP contribution in [0.15, 0.2) is 6.20 Å². The van der Waals surface area contributed by atoms with Crippen LogP contribution in [0.25, 0.3) is 0 Å². The van der Waals surface area contributed by atoms with Gasteiger partial charge in [0.15, 0.2) is 0 Å². The van der Waals surface area contributed by atoms with Gasteiger partial charge < -0.3 is 0 Å². The zero-order valence-electron chi connectivity index (χ0n) is 7.52. The van der Waals surface area contributed by atoms with E-state index in [4.69, 9.17) is 5.14 Å². The third-order valence-corrected chi connectivity index (χ3v) is 3.60. The highest BCUT2D eigenvalue weighted by Crippen LogP contribution is 2.21. The topological polar surface area (TPSA) is 73.0 Å². The van der Waals surface area contributed by atoms with E-state index in [-0.39, 0.29) is 5.75 Å². The molecule has 0 unspecified atom stereocenters. The van der Waals surface area contributed by atoms with Crippen molar-refractivity contribution in [2.24, 2.45) is 5.14 Å². The van der Waals surface area contributed by atoms with Gasteiger partial charge in [0.2, 0.25) is 10.0 Å². The molecule has 0 bridgehead atoms. The van der Waals surface area contributed by atoms with E-state index in [9.17, 15) is 8.42 Å². The zero-order chi connectivity index (χ0) is 10.1. The second-order valence-electron chi connectivity index (χ2n) is 3.13. The van der Waals surface area contributed by atoms with Crippen LogP contribution in [-0.2, 0) is 15.8 Å². The van der Waals surface area contributed by atoms with Crippen LogP contribution >= 0.6 is 11.3 Å². The molecule has 0 aliphatic rings. The molecule has 1 aromatic heterocycles. The Labute approximate surface area is 81.9 Å². The third kappa shape index (κ3) is 3.41. The molecule has 1 rings (SSSR count). The van der Waals surface area contributed by atoms with Crippen molar-refractivity contribution in [2.45, 2.75) is 25.5 Å². The van der Waals surface area contributed by atoms with Gasteiger partial charge in [0.25, 0.3) is 0 Å². The van der Waals surface area contributed by atoms with Crippen molar-refractivity contribution >= 4 is 21.4 Å². The van der Waals surface area contributed by atoms with Crippen LogP contribution < -0.4 is 5.14 Å². The monoisotopic (exact) mass is 220 g/mol. The second kappa shape index (κ2) is 3.73. The van der Waals surface area contributed by atoms with E-state index in [0.717, 1.165) is 5.01 Å². The maximum Gasteiger partial charge on any atom is 0.214 e. The molecule has 4 nitrogen and oxygen atoms in total. The Hall–Kier alpha value is -0.460. The van der Waals surface area contributed by atoms with Crippen molar-refractivity contribution in [3.63, 3.8) is 0 Å². The highest BCUT2D eigenvalue weighted by Gasteiger charge is 2.10. The number of aromatic nitrogens is 1. The van der Waals surface area contributed by atoms with Crippen LogP contribution in [0.5, 0.6) is 0 Å². The maximum absolute atomic E-state index is 10.7. The van der Waals surface area contributed by atoms with Crippen LogP contribution in [0.1, 0.15) is 29.7 Å². The van der Waals surface area contributed by atoms with E-state index < -0.39 is 10.0 Å². The van der Waals surface area contributed by atoms with Gasteiger partial charge in [0, 0.05) is 17.0 Å². The Morgan fingerprint density at radius 1 is 1.62 bits per heavy atom. The van der Waals surface area contributed by atoms with Gasteiger partial charge in [-0.15, -0.1) is 11.3 Å². The summed E-state index contributed by atoms with van der Waals surface area (Å²) in [6.07, 6.45) is 1.57. The number of primary sulfonamides is 1. The summed E-state index contributed by atoms with van der Waals surface area (Å²) < 4.78 is 21.5. The third-order valence-electron chi connectivity index (χ3n) is 1.41. The van der Waals surface area contributed by atoms with Crippen LogP contribution in [-0.4, -0.2) is 13.4 Å². The van der Waals surface area contributed by atoms with E-state index in [1.807, 2.05) is 13.8 Å². The van der Waals surface area contributed by atoms with Gasteiger partial charge >= 0.3 is 0 Å². The van der Waals surface area contributed by atoms with Gasteiger partial charge in [-0.2, -0.15) is 0 Å². The number of sulfonamides is 1. The summed E-state index contributed by atoms with van der Waals surface area (Å²) in [5, 5.41) is 5.85. The van der Waals surface area contributed by atoms with Crippen molar-refractivity contribution in [1.29, 1.82) is 0 Å². The molecule has 0 aliphatic heterocycles. The maximum atomic E-state index is 10.7. The minimum atomic E-state index is -3.42. The van der Waals surface area contributed by atoms with Gasteiger partial charge in [-0.05, 0) is 0 Å². The molecular formula is C7H12N2O2S2. The Balaban J connectivity index is 2.81. The molecule has 0 amide bonds. The number of thiazole rings is 1. The van der Waals surface area contributed by atoms with Gasteiger partial charge in [-0.25, -0.2) is 18.5 Å². The molecule has 0 radical (unpaired) electrons. The van der Waals surface area contributed by atoms with E-state index in [1.54, 1.807) is 6.20 Å². The first-order chi connectivity index (χ1) is 5.88. The van der Waals surface area contributed by atoms with Crippen molar-refractivity contribution in [3.05, 3.63) is 16.1 Å². The van der Waals surface area contributed by atoms with Gasteiger partial charge in [0.05, 0.1) is 10.8 Å². The lowest BCUT2D eigenvalue weighted by molar-refractivity contribution is 0.597. The fraction of sp³-hybridized carbons (Fsp3) is 0.571. The Bertz CT molecular complexity index is 381. The Morgan fingerprint density at radius 2 is 2.23 bits per heavy atom. The molecule has 2 N–H and O–H groups in total. The summed E-state index contributed by atoms with van der Waals surface area (Å²) in [4.78, 5) is 4.80. The fourth-order valence-corrected chi connectivity index (χ4v) is 2.77. The largest absolute Gasteiger partial charge is 0.249 e. The van der Waals surface area contributed by atoms with Crippen LogP contribution in [0.2, 0.25) is 0 Å². The number of rotatable bonds is 3. The van der Waals surface area contributed by atoms with E-state index in [0.29, 0.717) is 10.8 Å². The molecule has 13 heavy (non-hydrogen) atoms. The predicted molar refractivity (Wildman–Crippen MR) is 53.0 cm³/mol. The summed E-state index contributed by atoms with van der Waals surface area (Å²) in [5.74, 6) is 0.219. The highest BCUT2D eigenvalue weighted by molar-refractivity contribution is 7.88. The lowest BCUT2D eigenvalue weighted by Crippen LogP contribution is -2.13. The first kappa shape index (κ1) is 10.6. The van der Waals surface area contributed by atoms with Crippen LogP contribution in [0.3, 0.4) is 0 Å². The molecule has 1 aromatic rings. The molecule has 0 atom stereocenters. The van der Waals surface area contributed by atoms with Gasteiger partial charge in [-0.1, -0.05) is 13.8 Å². The van der Waals surface area contributed by atoms with Crippen LogP contribution in [0, 0.1) is 0 Å². The molecule has 74 valence electrons. The number of hydrogen-bond donors (Lipinski definition) is 1. The Kier molecular flexibility index (Phi) is 3.05. The second-order valence-corrected chi connectivity index (χ2v) is 5.89. The van der Waals surface area contributed by atoms with E-state index in [2.05, 4.69) is 4.98 Å².